The van der Waals surface area contributed by atoms with Gasteiger partial charge in [-0.2, -0.15) is 0 Å². The molecule has 2 N–H and O–H groups in total. The Hall–Kier alpha value is -1.91. The van der Waals surface area contributed by atoms with Gasteiger partial charge in [0.25, 0.3) is 5.91 Å². The molecule has 0 fully saturated rings. The molecule has 0 heterocycles. The monoisotopic (exact) mass is 325 g/mol. The maximum absolute atomic E-state index is 12.3. The number of halogens is 2. The minimum absolute atomic E-state index is 0.0574. The quantitative estimate of drug-likeness (QED) is 0.878. The van der Waals surface area contributed by atoms with Crippen LogP contribution in [0.2, 0.25) is 10.0 Å². The molecule has 0 aliphatic heterocycles. The summed E-state index contributed by atoms with van der Waals surface area (Å²) in [6.45, 7) is 2.16. The van der Waals surface area contributed by atoms with Crippen molar-refractivity contribution >= 4 is 34.8 Å². The van der Waals surface area contributed by atoms with E-state index in [0.717, 1.165) is 0 Å². The van der Waals surface area contributed by atoms with Crippen molar-refractivity contribution < 1.29 is 14.6 Å². The molecule has 0 aromatic heterocycles. The number of anilines is 1. The van der Waals surface area contributed by atoms with Gasteiger partial charge in [0.1, 0.15) is 5.75 Å². The molecule has 110 valence electrons. The second-order valence-corrected chi connectivity index (χ2v) is 5.05. The molecule has 1 amide bonds. The van der Waals surface area contributed by atoms with E-state index in [1.807, 2.05) is 0 Å². The topological polar surface area (TPSA) is 58.6 Å². The Labute approximate surface area is 132 Å². The van der Waals surface area contributed by atoms with E-state index in [-0.39, 0.29) is 22.1 Å². The molecule has 21 heavy (non-hydrogen) atoms. The molecule has 4 nitrogen and oxygen atoms in total. The highest BCUT2D eigenvalue weighted by molar-refractivity contribution is 6.36. The molecule has 2 rings (SSSR count). The standard InChI is InChI=1S/C15H13Cl2NO3/c1-2-21-14-12(6-9(16)7-13(14)17)15(20)18-10-4-3-5-11(19)8-10/h3-8,19H,2H2,1H3,(H,18,20). The smallest absolute Gasteiger partial charge is 0.259 e. The Morgan fingerprint density at radius 2 is 2.05 bits per heavy atom. The van der Waals surface area contributed by atoms with E-state index in [2.05, 4.69) is 5.32 Å². The third-order valence-corrected chi connectivity index (χ3v) is 3.14. The summed E-state index contributed by atoms with van der Waals surface area (Å²) < 4.78 is 5.40. The predicted octanol–water partition coefficient (Wildman–Crippen LogP) is 4.35. The van der Waals surface area contributed by atoms with Crippen molar-refractivity contribution in [1.29, 1.82) is 0 Å². The predicted molar refractivity (Wildman–Crippen MR) is 83.7 cm³/mol. The van der Waals surface area contributed by atoms with Crippen LogP contribution in [0.15, 0.2) is 36.4 Å². The first kappa shape index (κ1) is 15.5. The van der Waals surface area contributed by atoms with Gasteiger partial charge in [-0.05, 0) is 31.2 Å². The number of nitrogens with one attached hydrogen (secondary N) is 1. The fourth-order valence-corrected chi connectivity index (χ4v) is 2.35. The number of ether oxygens (including phenoxy) is 1. The molecule has 0 bridgehead atoms. The van der Waals surface area contributed by atoms with Crippen LogP contribution in [0.1, 0.15) is 17.3 Å². The average molecular weight is 326 g/mol. The van der Waals surface area contributed by atoms with Gasteiger partial charge < -0.3 is 15.2 Å². The summed E-state index contributed by atoms with van der Waals surface area (Å²) in [6.07, 6.45) is 0. The summed E-state index contributed by atoms with van der Waals surface area (Å²) >= 11 is 12.0. The lowest BCUT2D eigenvalue weighted by Gasteiger charge is -2.13. The maximum atomic E-state index is 12.3. The highest BCUT2D eigenvalue weighted by Gasteiger charge is 2.17. The first-order valence-electron chi connectivity index (χ1n) is 6.23. The SMILES string of the molecule is CCOc1c(Cl)cc(Cl)cc1C(=O)Nc1cccc(O)c1. The highest BCUT2D eigenvalue weighted by Crippen LogP contribution is 2.33. The van der Waals surface area contributed by atoms with Crippen molar-refractivity contribution in [3.63, 3.8) is 0 Å². The van der Waals surface area contributed by atoms with E-state index in [1.165, 1.54) is 24.3 Å². The lowest BCUT2D eigenvalue weighted by Crippen LogP contribution is -2.14. The Bertz CT molecular complexity index is 674. The second-order valence-electron chi connectivity index (χ2n) is 4.20. The molecule has 2 aromatic carbocycles. The molecule has 0 radical (unpaired) electrons. The Morgan fingerprint density at radius 1 is 1.29 bits per heavy atom. The number of hydrogen-bond acceptors (Lipinski definition) is 3. The van der Waals surface area contributed by atoms with Crippen molar-refractivity contribution in [3.8, 4) is 11.5 Å². The van der Waals surface area contributed by atoms with E-state index in [0.29, 0.717) is 17.3 Å². The summed E-state index contributed by atoms with van der Waals surface area (Å²) in [5.41, 5.74) is 0.691. The van der Waals surface area contributed by atoms with Gasteiger partial charge in [0.05, 0.1) is 17.2 Å². The number of amides is 1. The molecule has 0 saturated heterocycles. The minimum atomic E-state index is -0.423. The van der Waals surface area contributed by atoms with E-state index in [1.54, 1.807) is 19.1 Å². The van der Waals surface area contributed by atoms with Gasteiger partial charge in [-0.3, -0.25) is 4.79 Å². The van der Waals surface area contributed by atoms with Crippen LogP contribution >= 0.6 is 23.2 Å². The van der Waals surface area contributed by atoms with Gasteiger partial charge in [0.15, 0.2) is 5.75 Å². The fourth-order valence-electron chi connectivity index (χ4n) is 1.80. The lowest BCUT2D eigenvalue weighted by molar-refractivity contribution is 0.102. The molecule has 0 aliphatic carbocycles. The number of phenolic OH excluding ortho intramolecular Hbond substituents is 1. The molecule has 6 heteroatoms. The number of carbonyl (C=O) groups is 1. The van der Waals surface area contributed by atoms with Crippen molar-refractivity contribution in [2.45, 2.75) is 6.92 Å². The molecule has 0 saturated carbocycles. The average Bonchev–Trinajstić information content (AvgIpc) is 2.41. The van der Waals surface area contributed by atoms with Crippen LogP contribution in [0.4, 0.5) is 5.69 Å². The summed E-state index contributed by atoms with van der Waals surface area (Å²) in [5.74, 6) is -0.0865. The summed E-state index contributed by atoms with van der Waals surface area (Å²) in [4.78, 5) is 12.3. The summed E-state index contributed by atoms with van der Waals surface area (Å²) in [7, 11) is 0. The molecule has 0 aliphatic rings. The first-order valence-corrected chi connectivity index (χ1v) is 6.99. The van der Waals surface area contributed by atoms with Crippen LogP contribution in [0.5, 0.6) is 11.5 Å². The zero-order valence-electron chi connectivity index (χ0n) is 11.2. The minimum Gasteiger partial charge on any atom is -0.508 e. The molecule has 0 atom stereocenters. The summed E-state index contributed by atoms with van der Waals surface area (Å²) in [5, 5.41) is 12.7. The number of aromatic hydroxyl groups is 1. The Kier molecular flexibility index (Phi) is 4.94. The Morgan fingerprint density at radius 3 is 2.71 bits per heavy atom. The zero-order chi connectivity index (χ0) is 15.4. The molecular formula is C15H13Cl2NO3. The van der Waals surface area contributed by atoms with Crippen LogP contribution in [0.3, 0.4) is 0 Å². The largest absolute Gasteiger partial charge is 0.508 e. The number of rotatable bonds is 4. The van der Waals surface area contributed by atoms with Crippen LogP contribution in [-0.4, -0.2) is 17.6 Å². The van der Waals surface area contributed by atoms with Gasteiger partial charge in [-0.15, -0.1) is 0 Å². The van der Waals surface area contributed by atoms with Crippen molar-refractivity contribution in [2.24, 2.45) is 0 Å². The normalized spacial score (nSPS) is 10.2. The van der Waals surface area contributed by atoms with Crippen molar-refractivity contribution in [2.75, 3.05) is 11.9 Å². The van der Waals surface area contributed by atoms with Crippen molar-refractivity contribution in [3.05, 3.63) is 52.0 Å². The number of carbonyl (C=O) groups excluding carboxylic acids is 1. The third-order valence-electron chi connectivity index (χ3n) is 2.65. The molecule has 2 aromatic rings. The highest BCUT2D eigenvalue weighted by atomic mass is 35.5. The van der Waals surface area contributed by atoms with Crippen LogP contribution in [0.25, 0.3) is 0 Å². The third kappa shape index (κ3) is 3.80. The second kappa shape index (κ2) is 6.70. The summed E-state index contributed by atoms with van der Waals surface area (Å²) in [6, 6.07) is 9.22. The molecular weight excluding hydrogens is 313 g/mol. The van der Waals surface area contributed by atoms with Gasteiger partial charge in [-0.1, -0.05) is 29.3 Å². The Balaban J connectivity index is 2.34. The van der Waals surface area contributed by atoms with Gasteiger partial charge in [0.2, 0.25) is 0 Å². The maximum Gasteiger partial charge on any atom is 0.259 e. The lowest BCUT2D eigenvalue weighted by atomic mass is 10.1. The van der Waals surface area contributed by atoms with E-state index < -0.39 is 5.91 Å². The fraction of sp³-hybridized carbons (Fsp3) is 0.133. The molecule has 0 unspecified atom stereocenters. The number of hydrogen-bond donors (Lipinski definition) is 2. The first-order chi connectivity index (χ1) is 10.0. The molecule has 0 spiro atoms. The van der Waals surface area contributed by atoms with Gasteiger partial charge in [-0.25, -0.2) is 0 Å². The van der Waals surface area contributed by atoms with Crippen LogP contribution in [0, 0.1) is 0 Å². The van der Waals surface area contributed by atoms with Crippen LogP contribution < -0.4 is 10.1 Å². The van der Waals surface area contributed by atoms with E-state index in [9.17, 15) is 9.90 Å². The van der Waals surface area contributed by atoms with Crippen molar-refractivity contribution in [1.82, 2.24) is 0 Å². The van der Waals surface area contributed by atoms with Gasteiger partial charge >= 0.3 is 0 Å². The number of phenols is 1. The zero-order valence-corrected chi connectivity index (χ0v) is 12.7. The number of benzene rings is 2. The van der Waals surface area contributed by atoms with E-state index >= 15 is 0 Å². The van der Waals surface area contributed by atoms with E-state index in [4.69, 9.17) is 27.9 Å². The van der Waals surface area contributed by atoms with Crippen LogP contribution in [-0.2, 0) is 0 Å². The van der Waals surface area contributed by atoms with Gasteiger partial charge in [0, 0.05) is 16.8 Å².